The Bertz CT molecular complexity index is 334. The highest BCUT2D eigenvalue weighted by Crippen LogP contribution is 2.21. The number of halogens is 1. The molecule has 0 bridgehead atoms. The third-order valence-corrected chi connectivity index (χ3v) is 3.90. The molecule has 82 valence electrons. The van der Waals surface area contributed by atoms with Gasteiger partial charge in [-0.25, -0.2) is 4.39 Å². The molecule has 1 aliphatic heterocycles. The summed E-state index contributed by atoms with van der Waals surface area (Å²) in [5.74, 6) is 2.32. The molecule has 0 amide bonds. The van der Waals surface area contributed by atoms with E-state index in [1.54, 1.807) is 6.92 Å². The second kappa shape index (κ2) is 4.88. The fourth-order valence-electron chi connectivity index (χ4n) is 1.82. The number of benzene rings is 1. The van der Waals surface area contributed by atoms with E-state index < -0.39 is 0 Å². The van der Waals surface area contributed by atoms with Crippen LogP contribution in [0.4, 0.5) is 10.1 Å². The molecule has 0 aliphatic carbocycles. The number of rotatable bonds is 2. The standard InChI is InChI=1S/C12H16FNS/c1-9-7-10(4-5-12(9)13)14-11-3-2-6-15-8-11/h4-5,7,11,14H,2-3,6,8H2,1H3/t11-/m1/s1. The molecule has 1 nitrogen and oxygen atoms in total. The van der Waals surface area contributed by atoms with Crippen LogP contribution >= 0.6 is 11.8 Å². The molecule has 1 aromatic rings. The van der Waals surface area contributed by atoms with E-state index in [9.17, 15) is 4.39 Å². The summed E-state index contributed by atoms with van der Waals surface area (Å²) in [6.45, 7) is 1.80. The Morgan fingerprint density at radius 1 is 1.47 bits per heavy atom. The Morgan fingerprint density at radius 2 is 2.33 bits per heavy atom. The first-order chi connectivity index (χ1) is 7.25. The van der Waals surface area contributed by atoms with Gasteiger partial charge in [-0.2, -0.15) is 11.8 Å². The van der Waals surface area contributed by atoms with Crippen LogP contribution in [0.25, 0.3) is 0 Å². The fraction of sp³-hybridized carbons (Fsp3) is 0.500. The van der Waals surface area contributed by atoms with Crippen LogP contribution in [0.3, 0.4) is 0 Å². The molecule has 1 saturated heterocycles. The zero-order valence-corrected chi connectivity index (χ0v) is 9.74. The highest BCUT2D eigenvalue weighted by molar-refractivity contribution is 7.99. The van der Waals surface area contributed by atoms with Crippen molar-refractivity contribution in [1.82, 2.24) is 0 Å². The van der Waals surface area contributed by atoms with E-state index in [2.05, 4.69) is 5.32 Å². The minimum Gasteiger partial charge on any atom is -0.381 e. The Kier molecular flexibility index (Phi) is 3.52. The van der Waals surface area contributed by atoms with Gasteiger partial charge < -0.3 is 5.32 Å². The van der Waals surface area contributed by atoms with Crippen molar-refractivity contribution in [2.24, 2.45) is 0 Å². The molecule has 0 unspecified atom stereocenters. The van der Waals surface area contributed by atoms with Crippen molar-refractivity contribution in [2.75, 3.05) is 16.8 Å². The largest absolute Gasteiger partial charge is 0.381 e. The Balaban J connectivity index is 2.00. The molecule has 0 spiro atoms. The van der Waals surface area contributed by atoms with Crippen molar-refractivity contribution < 1.29 is 4.39 Å². The molecule has 1 heterocycles. The first-order valence-electron chi connectivity index (χ1n) is 5.36. The highest BCUT2D eigenvalue weighted by Gasteiger charge is 2.13. The van der Waals surface area contributed by atoms with Crippen LogP contribution in [0, 0.1) is 12.7 Å². The van der Waals surface area contributed by atoms with E-state index in [1.165, 1.54) is 24.7 Å². The van der Waals surface area contributed by atoms with E-state index in [-0.39, 0.29) is 5.82 Å². The molecule has 1 N–H and O–H groups in total. The summed E-state index contributed by atoms with van der Waals surface area (Å²) in [6.07, 6.45) is 2.51. The summed E-state index contributed by atoms with van der Waals surface area (Å²) in [6, 6.07) is 5.79. The van der Waals surface area contributed by atoms with Gasteiger partial charge in [0.2, 0.25) is 0 Å². The molecule has 3 heteroatoms. The van der Waals surface area contributed by atoms with Crippen molar-refractivity contribution in [3.63, 3.8) is 0 Å². The normalized spacial score (nSPS) is 21.3. The van der Waals surface area contributed by atoms with Crippen LogP contribution in [0.2, 0.25) is 0 Å². The molecule has 1 fully saturated rings. The summed E-state index contributed by atoms with van der Waals surface area (Å²) in [7, 11) is 0. The van der Waals surface area contributed by atoms with E-state index in [0.29, 0.717) is 11.6 Å². The van der Waals surface area contributed by atoms with Crippen molar-refractivity contribution in [3.05, 3.63) is 29.6 Å². The quantitative estimate of drug-likeness (QED) is 0.827. The number of hydrogen-bond acceptors (Lipinski definition) is 2. The maximum absolute atomic E-state index is 13.0. The minimum atomic E-state index is -0.126. The van der Waals surface area contributed by atoms with E-state index in [4.69, 9.17) is 0 Å². The summed E-state index contributed by atoms with van der Waals surface area (Å²) in [5, 5.41) is 3.46. The summed E-state index contributed by atoms with van der Waals surface area (Å²) < 4.78 is 13.0. The molecule has 2 rings (SSSR count). The average molecular weight is 225 g/mol. The molecule has 0 saturated carbocycles. The maximum atomic E-state index is 13.0. The number of anilines is 1. The van der Waals surface area contributed by atoms with Crippen LogP contribution in [0.1, 0.15) is 18.4 Å². The number of hydrogen-bond donors (Lipinski definition) is 1. The fourth-order valence-corrected chi connectivity index (χ4v) is 2.90. The topological polar surface area (TPSA) is 12.0 Å². The summed E-state index contributed by atoms with van der Waals surface area (Å²) in [4.78, 5) is 0. The van der Waals surface area contributed by atoms with Crippen LogP contribution in [0.5, 0.6) is 0 Å². The predicted octanol–water partition coefficient (Wildman–Crippen LogP) is 3.44. The van der Waals surface area contributed by atoms with E-state index >= 15 is 0 Å². The molecule has 1 aromatic carbocycles. The van der Waals surface area contributed by atoms with Gasteiger partial charge in [-0.3, -0.25) is 0 Å². The first kappa shape index (κ1) is 10.8. The van der Waals surface area contributed by atoms with Crippen LogP contribution in [-0.2, 0) is 0 Å². The third kappa shape index (κ3) is 2.88. The van der Waals surface area contributed by atoms with Crippen molar-refractivity contribution in [2.45, 2.75) is 25.8 Å². The van der Waals surface area contributed by atoms with Gasteiger partial charge in [-0.1, -0.05) is 0 Å². The van der Waals surface area contributed by atoms with Gasteiger partial charge in [0.15, 0.2) is 0 Å². The van der Waals surface area contributed by atoms with Crippen LogP contribution < -0.4 is 5.32 Å². The molecule has 1 atom stereocenters. The highest BCUT2D eigenvalue weighted by atomic mass is 32.2. The van der Waals surface area contributed by atoms with E-state index in [0.717, 1.165) is 11.4 Å². The SMILES string of the molecule is Cc1cc(N[C@@H]2CCCSC2)ccc1F. The second-order valence-corrected chi connectivity index (χ2v) is 5.17. The maximum Gasteiger partial charge on any atom is 0.126 e. The molecule has 0 aromatic heterocycles. The van der Waals surface area contributed by atoms with Gasteiger partial charge in [-0.15, -0.1) is 0 Å². The van der Waals surface area contributed by atoms with Gasteiger partial charge in [0, 0.05) is 17.5 Å². The van der Waals surface area contributed by atoms with Gasteiger partial charge in [0.25, 0.3) is 0 Å². The third-order valence-electron chi connectivity index (χ3n) is 2.69. The van der Waals surface area contributed by atoms with Gasteiger partial charge in [0.05, 0.1) is 0 Å². The average Bonchev–Trinajstić information content (AvgIpc) is 2.25. The zero-order valence-electron chi connectivity index (χ0n) is 8.92. The monoisotopic (exact) mass is 225 g/mol. The number of nitrogens with one attached hydrogen (secondary N) is 1. The smallest absolute Gasteiger partial charge is 0.126 e. The number of thioether (sulfide) groups is 1. The molecule has 1 aliphatic rings. The zero-order chi connectivity index (χ0) is 10.7. The summed E-state index contributed by atoms with van der Waals surface area (Å²) in [5.41, 5.74) is 1.75. The van der Waals surface area contributed by atoms with Crippen LogP contribution in [-0.4, -0.2) is 17.5 Å². The molecular weight excluding hydrogens is 209 g/mol. The van der Waals surface area contributed by atoms with Gasteiger partial charge in [-0.05, 0) is 49.3 Å². The Hall–Kier alpha value is -0.700. The molecule has 0 radical (unpaired) electrons. The Morgan fingerprint density at radius 3 is 3.00 bits per heavy atom. The lowest BCUT2D eigenvalue weighted by atomic mass is 10.1. The predicted molar refractivity (Wildman–Crippen MR) is 65.1 cm³/mol. The van der Waals surface area contributed by atoms with E-state index in [1.807, 2.05) is 23.9 Å². The second-order valence-electron chi connectivity index (χ2n) is 4.02. The van der Waals surface area contributed by atoms with Gasteiger partial charge in [0.1, 0.15) is 5.82 Å². The molecule has 15 heavy (non-hydrogen) atoms. The minimum absolute atomic E-state index is 0.126. The lowest BCUT2D eigenvalue weighted by Crippen LogP contribution is -2.25. The molecular formula is C12H16FNS. The number of aryl methyl sites for hydroxylation is 1. The summed E-state index contributed by atoms with van der Waals surface area (Å²) >= 11 is 1.99. The lowest BCUT2D eigenvalue weighted by molar-refractivity contribution is 0.618. The van der Waals surface area contributed by atoms with Crippen molar-refractivity contribution in [1.29, 1.82) is 0 Å². The van der Waals surface area contributed by atoms with Crippen molar-refractivity contribution >= 4 is 17.4 Å². The van der Waals surface area contributed by atoms with Crippen molar-refractivity contribution in [3.8, 4) is 0 Å². The lowest BCUT2D eigenvalue weighted by Gasteiger charge is -2.23. The van der Waals surface area contributed by atoms with Gasteiger partial charge >= 0.3 is 0 Å². The Labute approximate surface area is 94.5 Å². The van der Waals surface area contributed by atoms with Crippen LogP contribution in [0.15, 0.2) is 18.2 Å². The first-order valence-corrected chi connectivity index (χ1v) is 6.51.